The Morgan fingerprint density at radius 3 is 1.92 bits per heavy atom. The second-order valence-electron chi connectivity index (χ2n) is 5.22. The van der Waals surface area contributed by atoms with Crippen molar-refractivity contribution in [3.63, 3.8) is 0 Å². The van der Waals surface area contributed by atoms with Crippen molar-refractivity contribution < 1.29 is 39.3 Å². The van der Waals surface area contributed by atoms with Gasteiger partial charge in [-0.2, -0.15) is 0 Å². The summed E-state index contributed by atoms with van der Waals surface area (Å²) in [5.41, 5.74) is 5.10. The van der Waals surface area contributed by atoms with Gasteiger partial charge in [0.05, 0.1) is 19.1 Å². The summed E-state index contributed by atoms with van der Waals surface area (Å²) < 4.78 is 0. The molecular formula is C13H22N4O8. The summed E-state index contributed by atoms with van der Waals surface area (Å²) in [7, 11) is 0. The quantitative estimate of drug-likeness (QED) is 0.204. The Kier molecular flexibility index (Phi) is 9.09. The van der Waals surface area contributed by atoms with E-state index in [4.69, 9.17) is 15.9 Å². The molecule has 25 heavy (non-hydrogen) atoms. The number of aliphatic hydroxyl groups is 1. The van der Waals surface area contributed by atoms with Crippen LogP contribution in [0.2, 0.25) is 0 Å². The van der Waals surface area contributed by atoms with E-state index in [1.165, 1.54) is 13.8 Å². The van der Waals surface area contributed by atoms with E-state index in [2.05, 4.69) is 10.6 Å². The standard InChI is InChI=1S/C13H22N4O8/c1-5(11(22)16-7(13(24)25)3-9(20)21)15-12(23)10(6(2)18)17-8(19)4-14/h5-7,10,18H,3-4,14H2,1-2H3,(H,15,23)(H,16,22)(H,17,19)(H,20,21)(H,24,25). The fraction of sp³-hybridized carbons (Fsp3) is 0.615. The molecule has 0 saturated heterocycles. The first kappa shape index (κ1) is 22.3. The molecular weight excluding hydrogens is 340 g/mol. The van der Waals surface area contributed by atoms with Crippen LogP contribution in [0.5, 0.6) is 0 Å². The number of hydrogen-bond acceptors (Lipinski definition) is 7. The van der Waals surface area contributed by atoms with Crippen molar-refractivity contribution in [3.05, 3.63) is 0 Å². The van der Waals surface area contributed by atoms with Gasteiger partial charge in [-0.1, -0.05) is 0 Å². The van der Waals surface area contributed by atoms with Crippen LogP contribution in [0.1, 0.15) is 20.3 Å². The summed E-state index contributed by atoms with van der Waals surface area (Å²) >= 11 is 0. The van der Waals surface area contributed by atoms with Crippen LogP contribution in [-0.4, -0.2) is 75.8 Å². The summed E-state index contributed by atoms with van der Waals surface area (Å²) in [6.45, 7) is 2.04. The lowest BCUT2D eigenvalue weighted by molar-refractivity contribution is -0.147. The number of rotatable bonds is 10. The zero-order valence-electron chi connectivity index (χ0n) is 13.7. The first-order valence-electron chi connectivity index (χ1n) is 7.22. The van der Waals surface area contributed by atoms with Crippen LogP contribution in [0.15, 0.2) is 0 Å². The van der Waals surface area contributed by atoms with Gasteiger partial charge in [-0.3, -0.25) is 19.2 Å². The van der Waals surface area contributed by atoms with Crippen molar-refractivity contribution >= 4 is 29.7 Å². The maximum atomic E-state index is 12.0. The SMILES string of the molecule is CC(NC(=O)C(NC(=O)CN)C(C)O)C(=O)NC(CC(=O)O)C(=O)O. The van der Waals surface area contributed by atoms with E-state index in [1.54, 1.807) is 0 Å². The van der Waals surface area contributed by atoms with Crippen molar-refractivity contribution in [2.24, 2.45) is 5.73 Å². The Morgan fingerprint density at radius 2 is 1.52 bits per heavy atom. The third kappa shape index (κ3) is 8.08. The third-order valence-electron chi connectivity index (χ3n) is 3.01. The smallest absolute Gasteiger partial charge is 0.326 e. The zero-order chi connectivity index (χ0) is 19.7. The molecule has 3 amide bonds. The molecule has 0 aromatic heterocycles. The van der Waals surface area contributed by atoms with Crippen molar-refractivity contribution in [1.82, 2.24) is 16.0 Å². The molecule has 0 heterocycles. The number of nitrogens with one attached hydrogen (secondary N) is 3. The van der Waals surface area contributed by atoms with E-state index < -0.39 is 66.9 Å². The van der Waals surface area contributed by atoms with Crippen LogP contribution in [0.3, 0.4) is 0 Å². The van der Waals surface area contributed by atoms with Crippen LogP contribution in [0.25, 0.3) is 0 Å². The molecule has 12 heteroatoms. The van der Waals surface area contributed by atoms with Gasteiger partial charge >= 0.3 is 11.9 Å². The molecule has 0 bridgehead atoms. The van der Waals surface area contributed by atoms with E-state index in [9.17, 15) is 29.1 Å². The lowest BCUT2D eigenvalue weighted by atomic mass is 10.1. The molecule has 0 rings (SSSR count). The van der Waals surface area contributed by atoms with Crippen LogP contribution < -0.4 is 21.7 Å². The van der Waals surface area contributed by atoms with Gasteiger partial charge in [0.25, 0.3) is 0 Å². The Labute approximate surface area is 142 Å². The molecule has 0 radical (unpaired) electrons. The highest BCUT2D eigenvalue weighted by atomic mass is 16.4. The molecule has 0 aliphatic rings. The maximum Gasteiger partial charge on any atom is 0.326 e. The van der Waals surface area contributed by atoms with Crippen molar-refractivity contribution in [3.8, 4) is 0 Å². The summed E-state index contributed by atoms with van der Waals surface area (Å²) in [5.74, 6) is -5.53. The number of hydrogen-bond donors (Lipinski definition) is 7. The first-order valence-corrected chi connectivity index (χ1v) is 7.22. The Balaban J connectivity index is 4.86. The third-order valence-corrected chi connectivity index (χ3v) is 3.01. The van der Waals surface area contributed by atoms with Gasteiger partial charge in [0.15, 0.2) is 0 Å². The lowest BCUT2D eigenvalue weighted by Crippen LogP contribution is -2.58. The molecule has 0 aliphatic carbocycles. The number of carbonyl (C=O) groups is 5. The number of carbonyl (C=O) groups excluding carboxylic acids is 3. The van der Waals surface area contributed by atoms with Crippen molar-refractivity contribution in [2.45, 2.75) is 44.5 Å². The first-order chi connectivity index (χ1) is 11.5. The van der Waals surface area contributed by atoms with E-state index in [-0.39, 0.29) is 0 Å². The Bertz CT molecular complexity index is 536. The highest BCUT2D eigenvalue weighted by Crippen LogP contribution is 1.98. The molecule has 0 aliphatic heterocycles. The molecule has 0 aromatic rings. The molecule has 0 fully saturated rings. The van der Waals surface area contributed by atoms with Gasteiger partial charge < -0.3 is 37.0 Å². The minimum atomic E-state index is -1.67. The molecule has 0 aromatic carbocycles. The van der Waals surface area contributed by atoms with E-state index in [0.717, 1.165) is 0 Å². The van der Waals surface area contributed by atoms with Gasteiger partial charge in [-0.05, 0) is 13.8 Å². The minimum absolute atomic E-state index is 0.415. The summed E-state index contributed by atoms with van der Waals surface area (Å²) in [5, 5.41) is 33.3. The number of carboxylic acid groups (broad SMARTS) is 2. The number of carboxylic acids is 2. The van der Waals surface area contributed by atoms with Gasteiger partial charge in [-0.25, -0.2) is 4.79 Å². The normalized spacial score (nSPS) is 15.2. The molecule has 4 unspecified atom stereocenters. The number of aliphatic hydroxyl groups excluding tert-OH is 1. The summed E-state index contributed by atoms with van der Waals surface area (Å²) in [6.07, 6.45) is -2.13. The predicted molar refractivity (Wildman–Crippen MR) is 82.1 cm³/mol. The van der Waals surface area contributed by atoms with Crippen LogP contribution in [0, 0.1) is 0 Å². The van der Waals surface area contributed by atoms with Gasteiger partial charge in [0.2, 0.25) is 17.7 Å². The van der Waals surface area contributed by atoms with E-state index >= 15 is 0 Å². The zero-order valence-corrected chi connectivity index (χ0v) is 13.7. The molecule has 8 N–H and O–H groups in total. The minimum Gasteiger partial charge on any atom is -0.481 e. The van der Waals surface area contributed by atoms with Crippen molar-refractivity contribution in [1.29, 1.82) is 0 Å². The average molecular weight is 362 g/mol. The number of amides is 3. The molecule has 0 saturated carbocycles. The topological polar surface area (TPSA) is 208 Å². The fourth-order valence-electron chi connectivity index (χ4n) is 1.68. The van der Waals surface area contributed by atoms with Crippen LogP contribution >= 0.6 is 0 Å². The van der Waals surface area contributed by atoms with E-state index in [1.807, 2.05) is 5.32 Å². The maximum absolute atomic E-state index is 12.0. The van der Waals surface area contributed by atoms with Crippen LogP contribution in [0.4, 0.5) is 0 Å². The number of aliphatic carboxylic acids is 2. The number of nitrogens with two attached hydrogens (primary N) is 1. The summed E-state index contributed by atoms with van der Waals surface area (Å²) in [6, 6.07) is -4.30. The Morgan fingerprint density at radius 1 is 0.960 bits per heavy atom. The predicted octanol–water partition coefficient (Wildman–Crippen LogP) is -3.64. The van der Waals surface area contributed by atoms with Crippen LogP contribution in [-0.2, 0) is 24.0 Å². The average Bonchev–Trinajstić information content (AvgIpc) is 2.50. The second-order valence-corrected chi connectivity index (χ2v) is 5.22. The summed E-state index contributed by atoms with van der Waals surface area (Å²) in [4.78, 5) is 56.7. The van der Waals surface area contributed by atoms with Gasteiger partial charge in [0, 0.05) is 0 Å². The molecule has 4 atom stereocenters. The van der Waals surface area contributed by atoms with Gasteiger partial charge in [-0.15, -0.1) is 0 Å². The highest BCUT2D eigenvalue weighted by molar-refractivity contribution is 5.94. The lowest BCUT2D eigenvalue weighted by Gasteiger charge is -2.23. The van der Waals surface area contributed by atoms with Gasteiger partial charge in [0.1, 0.15) is 18.1 Å². The Hall–Kier alpha value is -2.73. The molecule has 142 valence electrons. The molecule has 0 spiro atoms. The van der Waals surface area contributed by atoms with Crippen molar-refractivity contribution in [2.75, 3.05) is 6.54 Å². The monoisotopic (exact) mass is 362 g/mol. The second kappa shape index (κ2) is 10.2. The largest absolute Gasteiger partial charge is 0.481 e. The van der Waals surface area contributed by atoms with E-state index in [0.29, 0.717) is 0 Å². The highest BCUT2D eigenvalue weighted by Gasteiger charge is 2.30. The molecule has 12 nitrogen and oxygen atoms in total. The fourth-order valence-corrected chi connectivity index (χ4v) is 1.68.